The number of hydrogen-bond donors (Lipinski definition) is 2. The lowest BCUT2D eigenvalue weighted by molar-refractivity contribution is -0.187. The number of morpholine rings is 1. The van der Waals surface area contributed by atoms with Crippen LogP contribution in [-0.2, 0) is 19.1 Å². The summed E-state index contributed by atoms with van der Waals surface area (Å²) in [5.41, 5.74) is 4.32. The van der Waals surface area contributed by atoms with E-state index < -0.39 is 59.9 Å². The van der Waals surface area contributed by atoms with Crippen LogP contribution in [-0.4, -0.2) is 73.9 Å². The number of primary amides is 1. The van der Waals surface area contributed by atoms with E-state index in [2.05, 4.69) is 0 Å². The lowest BCUT2D eigenvalue weighted by Crippen LogP contribution is -2.56. The van der Waals surface area contributed by atoms with Gasteiger partial charge in [-0.05, 0) is 18.2 Å². The normalized spacial score (nSPS) is 16.2. The first-order valence-electron chi connectivity index (χ1n) is 8.83. The Hall–Kier alpha value is -2.94. The zero-order valence-corrected chi connectivity index (χ0v) is 16.1. The van der Waals surface area contributed by atoms with E-state index in [4.69, 9.17) is 10.5 Å². The van der Waals surface area contributed by atoms with Crippen molar-refractivity contribution in [1.29, 1.82) is 0 Å². The molecule has 15 heteroatoms. The Labute approximate surface area is 176 Å². The summed E-state index contributed by atoms with van der Waals surface area (Å²) >= 11 is 0. The van der Waals surface area contributed by atoms with Gasteiger partial charge in [0.05, 0.1) is 25.4 Å². The average Bonchev–Trinajstić information content (AvgIpc) is 2.59. The molecule has 0 radical (unpaired) electrons. The smallest absolute Gasteiger partial charge is 0.370 e. The van der Waals surface area contributed by atoms with Crippen LogP contribution in [0, 0.1) is 5.82 Å². The molecule has 178 valence electrons. The highest BCUT2D eigenvalue weighted by atomic mass is 19.4. The predicted octanol–water partition coefficient (Wildman–Crippen LogP) is 1.41. The van der Waals surface area contributed by atoms with E-state index in [1.807, 2.05) is 5.32 Å². The third-order valence-corrected chi connectivity index (χ3v) is 4.14. The molecule has 2 rings (SSSR count). The third-order valence-electron chi connectivity index (χ3n) is 4.14. The van der Waals surface area contributed by atoms with Gasteiger partial charge in [-0.2, -0.15) is 26.3 Å². The number of halogens is 7. The number of alkyl halides is 6. The Morgan fingerprint density at radius 1 is 1.16 bits per heavy atom. The summed E-state index contributed by atoms with van der Waals surface area (Å²) in [5.74, 6) is -4.96. The second-order valence-electron chi connectivity index (χ2n) is 6.69. The molecule has 3 N–H and O–H groups in total. The van der Waals surface area contributed by atoms with Crippen molar-refractivity contribution in [3.63, 3.8) is 0 Å². The topological polar surface area (TPSA) is 105 Å². The molecule has 1 aromatic rings. The zero-order chi connectivity index (χ0) is 24.3. The van der Waals surface area contributed by atoms with Gasteiger partial charge in [0, 0.05) is 12.2 Å². The van der Waals surface area contributed by atoms with Gasteiger partial charge in [-0.1, -0.05) is 0 Å². The van der Waals surface area contributed by atoms with E-state index in [9.17, 15) is 45.1 Å². The number of rotatable bonds is 7. The molecule has 0 spiro atoms. The van der Waals surface area contributed by atoms with Crippen molar-refractivity contribution in [2.75, 3.05) is 43.1 Å². The fourth-order valence-corrected chi connectivity index (χ4v) is 2.96. The number of hydrogen-bond acceptors (Lipinski definition) is 5. The minimum absolute atomic E-state index is 0.0368. The molecule has 0 aliphatic carbocycles. The number of anilines is 2. The summed E-state index contributed by atoms with van der Waals surface area (Å²) in [7, 11) is 0. The molecular weight excluding hydrogens is 457 g/mol. The summed E-state index contributed by atoms with van der Waals surface area (Å²) < 4.78 is 95.7. The molecule has 1 saturated heterocycles. The monoisotopic (exact) mass is 474 g/mol. The Morgan fingerprint density at radius 2 is 1.75 bits per heavy atom. The quantitative estimate of drug-likeness (QED) is 0.460. The third kappa shape index (κ3) is 7.05. The van der Waals surface area contributed by atoms with Crippen LogP contribution in [0.2, 0.25) is 0 Å². The molecule has 1 aliphatic heterocycles. The minimum atomic E-state index is -5.18. The lowest BCUT2D eigenvalue weighted by Gasteiger charge is -2.30. The molecule has 0 aromatic heterocycles. The second kappa shape index (κ2) is 9.68. The minimum Gasteiger partial charge on any atom is -0.370 e. The fraction of sp³-hybridized carbons (Fsp3) is 0.471. The fourth-order valence-electron chi connectivity index (χ4n) is 2.96. The van der Waals surface area contributed by atoms with Crippen LogP contribution < -0.4 is 16.0 Å². The molecule has 8 nitrogen and oxygen atoms in total. The molecule has 0 unspecified atom stereocenters. The van der Waals surface area contributed by atoms with Crippen LogP contribution in [0.15, 0.2) is 18.2 Å². The Bertz CT molecular complexity index is 859. The van der Waals surface area contributed by atoms with Crippen LogP contribution in [0.3, 0.4) is 0 Å². The van der Waals surface area contributed by atoms with E-state index in [0.29, 0.717) is 6.07 Å². The molecule has 0 saturated carbocycles. The first kappa shape index (κ1) is 25.3. The maximum atomic E-state index is 14.4. The first-order valence-corrected chi connectivity index (χ1v) is 8.83. The molecular formula is C17H17F7N4O4. The molecule has 1 aromatic carbocycles. The van der Waals surface area contributed by atoms with Crippen LogP contribution in [0.25, 0.3) is 0 Å². The highest BCUT2D eigenvalue weighted by Crippen LogP contribution is 2.26. The van der Waals surface area contributed by atoms with Gasteiger partial charge in [0.25, 0.3) is 11.8 Å². The molecule has 0 bridgehead atoms. The van der Waals surface area contributed by atoms with E-state index in [-0.39, 0.29) is 31.1 Å². The van der Waals surface area contributed by atoms with Gasteiger partial charge in [0.15, 0.2) is 6.04 Å². The number of nitrogens with zero attached hydrogens (tertiary/aromatic N) is 2. The average molecular weight is 474 g/mol. The van der Waals surface area contributed by atoms with Crippen molar-refractivity contribution in [3.8, 4) is 0 Å². The number of ether oxygens (including phenoxy) is 1. The highest BCUT2D eigenvalue weighted by molar-refractivity contribution is 6.09. The van der Waals surface area contributed by atoms with Crippen molar-refractivity contribution in [3.05, 3.63) is 24.0 Å². The van der Waals surface area contributed by atoms with Crippen molar-refractivity contribution in [2.24, 2.45) is 5.73 Å². The van der Waals surface area contributed by atoms with E-state index in [1.54, 1.807) is 0 Å². The van der Waals surface area contributed by atoms with Crippen LogP contribution in [0.1, 0.15) is 0 Å². The molecule has 1 heterocycles. The van der Waals surface area contributed by atoms with Crippen molar-refractivity contribution in [2.45, 2.75) is 18.4 Å². The number of carbonyl (C=O) groups excluding carboxylic acids is 3. The number of nitrogens with one attached hydrogen (secondary N) is 1. The van der Waals surface area contributed by atoms with Gasteiger partial charge < -0.3 is 20.7 Å². The molecule has 3 amide bonds. The Morgan fingerprint density at radius 3 is 2.22 bits per heavy atom. The summed E-state index contributed by atoms with van der Waals surface area (Å²) in [4.78, 5) is 36.3. The van der Waals surface area contributed by atoms with E-state index in [1.165, 1.54) is 0 Å². The second-order valence-corrected chi connectivity index (χ2v) is 6.69. The van der Waals surface area contributed by atoms with Crippen molar-refractivity contribution < 1.29 is 49.9 Å². The number of amides is 3. The van der Waals surface area contributed by atoms with Crippen molar-refractivity contribution >= 4 is 29.1 Å². The van der Waals surface area contributed by atoms with Gasteiger partial charge in [-0.25, -0.2) is 4.39 Å². The van der Waals surface area contributed by atoms with Crippen LogP contribution in [0.4, 0.5) is 42.1 Å². The first-order chi connectivity index (χ1) is 14.7. The van der Waals surface area contributed by atoms with Gasteiger partial charge in [-0.15, -0.1) is 0 Å². The molecule has 32 heavy (non-hydrogen) atoms. The summed E-state index contributed by atoms with van der Waals surface area (Å²) in [6, 6.07) is 0.152. The van der Waals surface area contributed by atoms with Gasteiger partial charge in [-0.3, -0.25) is 19.3 Å². The van der Waals surface area contributed by atoms with Gasteiger partial charge in [0.2, 0.25) is 5.91 Å². The Balaban J connectivity index is 2.25. The molecule has 1 atom stereocenters. The zero-order valence-electron chi connectivity index (χ0n) is 16.1. The van der Waals surface area contributed by atoms with Gasteiger partial charge in [0.1, 0.15) is 12.4 Å². The maximum absolute atomic E-state index is 14.4. The number of carbonyl (C=O) groups is 3. The lowest BCUT2D eigenvalue weighted by atomic mass is 10.1. The maximum Gasteiger partial charge on any atom is 0.401 e. The van der Waals surface area contributed by atoms with Gasteiger partial charge >= 0.3 is 12.4 Å². The summed E-state index contributed by atoms with van der Waals surface area (Å²) in [6.07, 6.45) is -10.4. The summed E-state index contributed by atoms with van der Waals surface area (Å²) in [6.45, 7) is -4.61. The SMILES string of the molecule is NC(=O)[C@@H](C(=O)Nc1ccc(N2CCOCC2=O)c(F)c1)N(CC(F)(F)F)CC(F)(F)F. The molecule has 1 fully saturated rings. The highest BCUT2D eigenvalue weighted by Gasteiger charge is 2.44. The van der Waals surface area contributed by atoms with Crippen LogP contribution in [0.5, 0.6) is 0 Å². The predicted molar refractivity (Wildman–Crippen MR) is 94.9 cm³/mol. The number of benzene rings is 1. The Kier molecular flexibility index (Phi) is 7.66. The van der Waals surface area contributed by atoms with Crippen molar-refractivity contribution in [1.82, 2.24) is 4.90 Å². The largest absolute Gasteiger partial charge is 0.401 e. The summed E-state index contributed by atoms with van der Waals surface area (Å²) in [5, 5.41) is 1.87. The van der Waals surface area contributed by atoms with E-state index in [0.717, 1.165) is 17.0 Å². The van der Waals surface area contributed by atoms with Crippen LogP contribution >= 0.6 is 0 Å². The van der Waals surface area contributed by atoms with E-state index >= 15 is 0 Å². The standard InChI is InChI=1S/C17H17F7N4O4/c18-10-5-9(1-2-11(10)28-3-4-32-6-12(28)29)26-15(31)13(14(25)30)27(7-16(19,20)21)8-17(22,23)24/h1-2,5,13H,3-4,6-8H2,(H2,25,30)(H,26,31)/t13-/m0/s1. The number of nitrogens with two attached hydrogens (primary N) is 1. The molecule has 1 aliphatic rings.